The molecule has 3 heterocycles. The number of aromatic nitrogens is 2. The van der Waals surface area contributed by atoms with Gasteiger partial charge in [0.2, 0.25) is 5.91 Å². The van der Waals surface area contributed by atoms with E-state index >= 15 is 0 Å². The quantitative estimate of drug-likeness (QED) is 0.517. The van der Waals surface area contributed by atoms with Crippen LogP contribution in [0.5, 0.6) is 0 Å². The number of thiophene rings is 1. The van der Waals surface area contributed by atoms with Gasteiger partial charge >= 0.3 is 0 Å². The number of rotatable bonds is 6. The van der Waals surface area contributed by atoms with E-state index in [1.54, 1.807) is 11.3 Å². The van der Waals surface area contributed by atoms with Crippen LogP contribution in [0.4, 0.5) is 5.82 Å². The average Bonchev–Trinajstić information content (AvgIpc) is 3.09. The van der Waals surface area contributed by atoms with Crippen molar-refractivity contribution in [3.8, 4) is 0 Å². The van der Waals surface area contributed by atoms with Crippen molar-refractivity contribution in [2.75, 3.05) is 44.3 Å². The summed E-state index contributed by atoms with van der Waals surface area (Å²) in [6.45, 7) is 10.5. The Balaban J connectivity index is 1.36. The summed E-state index contributed by atoms with van der Waals surface area (Å²) in [5.74, 6) is 1.53. The van der Waals surface area contributed by atoms with Gasteiger partial charge in [-0.2, -0.15) is 0 Å². The first-order chi connectivity index (χ1) is 14.3. The molecule has 2 aromatic rings. The molecule has 2 aromatic heterocycles. The first-order valence-electron chi connectivity index (χ1n) is 10.6. The molecule has 3 N–H and O–H groups in total. The fraction of sp³-hybridized carbons (Fsp3) is 0.667. The lowest BCUT2D eigenvalue weighted by atomic mass is 9.89. The van der Waals surface area contributed by atoms with Crippen molar-refractivity contribution < 1.29 is 9.53 Å². The number of amides is 1. The van der Waals surface area contributed by atoms with E-state index in [4.69, 9.17) is 15.5 Å². The number of aryl methyl sites for hydroxylation is 1. The van der Waals surface area contributed by atoms with Gasteiger partial charge in [0.25, 0.3) is 0 Å². The number of carbonyl (C=O) groups is 1. The Kier molecular flexibility index (Phi) is 6.53. The monoisotopic (exact) mass is 449 g/mol. The van der Waals surface area contributed by atoms with Gasteiger partial charge in [-0.25, -0.2) is 9.97 Å². The van der Waals surface area contributed by atoms with Gasteiger partial charge in [0.15, 0.2) is 5.16 Å². The second-order valence-corrected chi connectivity index (χ2v) is 10.9. The Hall–Kier alpha value is -1.42. The third kappa shape index (κ3) is 4.74. The molecular weight excluding hydrogens is 418 g/mol. The van der Waals surface area contributed by atoms with Crippen LogP contribution in [0, 0.1) is 5.92 Å². The number of fused-ring (bicyclic) bond motifs is 3. The smallest absolute Gasteiger partial charge is 0.230 e. The van der Waals surface area contributed by atoms with Gasteiger partial charge in [-0.1, -0.05) is 18.7 Å². The van der Waals surface area contributed by atoms with Gasteiger partial charge in [0, 0.05) is 30.1 Å². The van der Waals surface area contributed by atoms with Crippen LogP contribution in [-0.2, 0) is 22.4 Å². The van der Waals surface area contributed by atoms with Crippen LogP contribution in [0.25, 0.3) is 10.2 Å². The Morgan fingerprint density at radius 3 is 2.90 bits per heavy atom. The summed E-state index contributed by atoms with van der Waals surface area (Å²) in [6.07, 6.45) is 3.34. The van der Waals surface area contributed by atoms with Gasteiger partial charge in [0.05, 0.1) is 24.4 Å². The predicted molar refractivity (Wildman–Crippen MR) is 123 cm³/mol. The van der Waals surface area contributed by atoms with Crippen molar-refractivity contribution >= 4 is 45.0 Å². The molecule has 4 rings (SSSR count). The van der Waals surface area contributed by atoms with Crippen molar-refractivity contribution in [2.24, 2.45) is 5.92 Å². The van der Waals surface area contributed by atoms with Crippen LogP contribution in [-0.4, -0.2) is 64.9 Å². The maximum Gasteiger partial charge on any atom is 0.230 e. The normalized spacial score (nSPS) is 20.3. The Morgan fingerprint density at radius 1 is 1.37 bits per heavy atom. The number of hydrogen-bond acceptors (Lipinski definition) is 8. The number of morpholine rings is 1. The summed E-state index contributed by atoms with van der Waals surface area (Å²) in [6, 6.07) is 0. The van der Waals surface area contributed by atoms with E-state index in [9.17, 15) is 4.79 Å². The Bertz CT molecular complexity index is 924. The molecule has 1 unspecified atom stereocenters. The molecular formula is C21H31N5O2S2. The Labute approximate surface area is 186 Å². The van der Waals surface area contributed by atoms with Crippen LogP contribution < -0.4 is 11.1 Å². The summed E-state index contributed by atoms with van der Waals surface area (Å²) in [5.41, 5.74) is 7.53. The SMILES string of the molecule is CC1CCc2c(sc3nc(SCC(=O)NCC(C)(C)N4CCOCC4)nc(N)c23)C1. The minimum absolute atomic E-state index is 0.0112. The van der Waals surface area contributed by atoms with E-state index in [1.165, 1.54) is 28.6 Å². The van der Waals surface area contributed by atoms with Crippen molar-refractivity contribution in [1.29, 1.82) is 0 Å². The van der Waals surface area contributed by atoms with E-state index in [-0.39, 0.29) is 17.2 Å². The number of ether oxygens (including phenoxy) is 1. The van der Waals surface area contributed by atoms with Crippen LogP contribution in [0.1, 0.15) is 37.6 Å². The van der Waals surface area contributed by atoms with Crippen molar-refractivity contribution in [3.05, 3.63) is 10.4 Å². The summed E-state index contributed by atoms with van der Waals surface area (Å²) in [4.78, 5) is 26.3. The van der Waals surface area contributed by atoms with Gasteiger partial charge in [-0.3, -0.25) is 9.69 Å². The van der Waals surface area contributed by atoms with E-state index in [0.717, 1.165) is 49.4 Å². The number of nitrogen functional groups attached to an aromatic ring is 1. The number of nitrogens with zero attached hydrogens (tertiary/aromatic N) is 3. The topological polar surface area (TPSA) is 93.4 Å². The standard InChI is InChI=1S/C21H31N5O2S2/c1-13-4-5-14-15(10-13)30-19-17(14)18(22)24-20(25-19)29-11-16(27)23-12-21(2,3)26-6-8-28-9-7-26/h13H,4-12H2,1-3H3,(H,23,27)(H2,22,24,25). The van der Waals surface area contributed by atoms with E-state index in [0.29, 0.717) is 23.4 Å². The van der Waals surface area contributed by atoms with Crippen LogP contribution in [0.3, 0.4) is 0 Å². The molecule has 164 valence electrons. The largest absolute Gasteiger partial charge is 0.383 e. The summed E-state index contributed by atoms with van der Waals surface area (Å²) in [5, 5.41) is 4.67. The van der Waals surface area contributed by atoms with Gasteiger partial charge < -0.3 is 15.8 Å². The first-order valence-corrected chi connectivity index (χ1v) is 12.4. The third-order valence-electron chi connectivity index (χ3n) is 6.08. The van der Waals surface area contributed by atoms with Crippen molar-refractivity contribution in [2.45, 2.75) is 50.7 Å². The van der Waals surface area contributed by atoms with Gasteiger partial charge in [0.1, 0.15) is 10.6 Å². The maximum absolute atomic E-state index is 12.4. The molecule has 1 fully saturated rings. The first kappa shape index (κ1) is 21.8. The molecule has 1 aliphatic carbocycles. The number of nitrogens with one attached hydrogen (secondary N) is 1. The zero-order chi connectivity index (χ0) is 21.3. The zero-order valence-corrected chi connectivity index (χ0v) is 19.6. The second-order valence-electron chi connectivity index (χ2n) is 8.90. The molecule has 2 aliphatic rings. The van der Waals surface area contributed by atoms with Crippen molar-refractivity contribution in [1.82, 2.24) is 20.2 Å². The molecule has 0 saturated carbocycles. The lowest BCUT2D eigenvalue weighted by molar-refractivity contribution is -0.119. The molecule has 1 amide bonds. The van der Waals surface area contributed by atoms with E-state index < -0.39 is 0 Å². The van der Waals surface area contributed by atoms with Crippen LogP contribution in [0.2, 0.25) is 0 Å². The molecule has 0 bridgehead atoms. The number of hydrogen-bond donors (Lipinski definition) is 2. The minimum atomic E-state index is -0.100. The lowest BCUT2D eigenvalue weighted by Crippen LogP contribution is -2.55. The fourth-order valence-electron chi connectivity index (χ4n) is 4.19. The zero-order valence-electron chi connectivity index (χ0n) is 18.0. The molecule has 1 atom stereocenters. The number of carbonyl (C=O) groups excluding carboxylic acids is 1. The van der Waals surface area contributed by atoms with Gasteiger partial charge in [-0.05, 0) is 44.6 Å². The molecule has 7 nitrogen and oxygen atoms in total. The molecule has 0 spiro atoms. The number of anilines is 1. The molecule has 1 saturated heterocycles. The molecule has 0 aromatic carbocycles. The molecule has 30 heavy (non-hydrogen) atoms. The maximum atomic E-state index is 12.4. The number of thioether (sulfide) groups is 1. The van der Waals surface area contributed by atoms with E-state index in [1.807, 2.05) is 0 Å². The highest BCUT2D eigenvalue weighted by molar-refractivity contribution is 7.99. The van der Waals surface area contributed by atoms with Crippen molar-refractivity contribution in [3.63, 3.8) is 0 Å². The molecule has 9 heteroatoms. The summed E-state index contributed by atoms with van der Waals surface area (Å²) in [7, 11) is 0. The minimum Gasteiger partial charge on any atom is -0.383 e. The Morgan fingerprint density at radius 2 is 2.13 bits per heavy atom. The second kappa shape index (κ2) is 8.98. The number of nitrogens with two attached hydrogens (primary N) is 1. The highest BCUT2D eigenvalue weighted by atomic mass is 32.2. The molecule has 1 aliphatic heterocycles. The average molecular weight is 450 g/mol. The van der Waals surface area contributed by atoms with Crippen LogP contribution in [0.15, 0.2) is 5.16 Å². The fourth-order valence-corrected chi connectivity index (χ4v) is 6.32. The summed E-state index contributed by atoms with van der Waals surface area (Å²) >= 11 is 3.08. The predicted octanol–water partition coefficient (Wildman–Crippen LogP) is 2.72. The van der Waals surface area contributed by atoms with Crippen LogP contribution >= 0.6 is 23.1 Å². The highest BCUT2D eigenvalue weighted by Gasteiger charge is 2.28. The molecule has 0 radical (unpaired) electrons. The summed E-state index contributed by atoms with van der Waals surface area (Å²) < 4.78 is 5.42. The highest BCUT2D eigenvalue weighted by Crippen LogP contribution is 2.39. The third-order valence-corrected chi connectivity index (χ3v) is 8.08. The van der Waals surface area contributed by atoms with E-state index in [2.05, 4.69) is 36.0 Å². The lowest BCUT2D eigenvalue weighted by Gasteiger charge is -2.40. The van der Waals surface area contributed by atoms with Gasteiger partial charge in [-0.15, -0.1) is 11.3 Å².